The Hall–Kier alpha value is -2.18. The van der Waals surface area contributed by atoms with Crippen LogP contribution < -0.4 is 10.6 Å². The van der Waals surface area contributed by atoms with Crippen LogP contribution in [0.1, 0.15) is 50.4 Å². The Kier molecular flexibility index (Phi) is 6.58. The number of pyridine rings is 1. The van der Waals surface area contributed by atoms with Crippen LogP contribution in [0.4, 0.5) is 11.5 Å². The topological polar surface area (TPSA) is 97.2 Å². The highest BCUT2D eigenvalue weighted by Gasteiger charge is 2.19. The molecule has 7 heteroatoms. The summed E-state index contributed by atoms with van der Waals surface area (Å²) in [7, 11) is 0. The molecule has 0 radical (unpaired) electrons. The molecule has 1 unspecified atom stereocenters. The van der Waals surface area contributed by atoms with Gasteiger partial charge in [-0.25, -0.2) is 4.98 Å². The number of nitro groups is 1. The largest absolute Gasteiger partial charge is 0.369 e. The third kappa shape index (κ3) is 5.02. The van der Waals surface area contributed by atoms with Crippen molar-refractivity contribution in [2.24, 2.45) is 0 Å². The minimum absolute atomic E-state index is 0.0146. The molecule has 1 rings (SSSR count). The molecule has 21 heavy (non-hydrogen) atoms. The summed E-state index contributed by atoms with van der Waals surface area (Å²) in [6.07, 6.45) is 3.83. The highest BCUT2D eigenvalue weighted by atomic mass is 16.6. The highest BCUT2D eigenvalue weighted by molar-refractivity contribution is 5.99. The SMILES string of the molecule is CCCNc1ncc([N+](=O)[O-])cc1C(=O)NC(C)CCC. The zero-order valence-electron chi connectivity index (χ0n) is 12.7. The number of carbonyl (C=O) groups is 1. The van der Waals surface area contributed by atoms with Gasteiger partial charge in [0.1, 0.15) is 12.0 Å². The fourth-order valence-corrected chi connectivity index (χ4v) is 1.92. The van der Waals surface area contributed by atoms with E-state index in [1.54, 1.807) is 0 Å². The molecule has 0 aliphatic heterocycles. The maximum absolute atomic E-state index is 12.3. The molecule has 1 amide bonds. The van der Waals surface area contributed by atoms with Crippen LogP contribution in [0.2, 0.25) is 0 Å². The molecule has 1 aromatic heterocycles. The van der Waals surface area contributed by atoms with E-state index in [0.717, 1.165) is 25.5 Å². The van der Waals surface area contributed by atoms with Gasteiger partial charge in [0.05, 0.1) is 10.5 Å². The third-order valence-corrected chi connectivity index (χ3v) is 2.97. The van der Waals surface area contributed by atoms with Gasteiger partial charge in [0, 0.05) is 18.7 Å². The molecule has 2 N–H and O–H groups in total. The molecular formula is C14H22N4O3. The lowest BCUT2D eigenvalue weighted by atomic mass is 10.1. The summed E-state index contributed by atoms with van der Waals surface area (Å²) in [6, 6.07) is 1.28. The summed E-state index contributed by atoms with van der Waals surface area (Å²) in [5.74, 6) is 0.0365. The van der Waals surface area contributed by atoms with Gasteiger partial charge in [0.2, 0.25) is 0 Å². The Morgan fingerprint density at radius 1 is 1.43 bits per heavy atom. The monoisotopic (exact) mass is 294 g/mol. The third-order valence-electron chi connectivity index (χ3n) is 2.97. The first-order valence-electron chi connectivity index (χ1n) is 7.18. The van der Waals surface area contributed by atoms with E-state index in [4.69, 9.17) is 0 Å². The molecular weight excluding hydrogens is 272 g/mol. The standard InChI is InChI=1S/C14H22N4O3/c1-4-6-10(3)17-14(19)12-8-11(18(20)21)9-16-13(12)15-7-5-2/h8-10H,4-7H2,1-3H3,(H,15,16)(H,17,19). The van der Waals surface area contributed by atoms with Crippen LogP contribution in [-0.2, 0) is 0 Å². The number of hydrogen-bond acceptors (Lipinski definition) is 5. The molecule has 0 bridgehead atoms. The van der Waals surface area contributed by atoms with Crippen LogP contribution in [0.15, 0.2) is 12.3 Å². The lowest BCUT2D eigenvalue weighted by Gasteiger charge is -2.15. The first-order chi connectivity index (χ1) is 9.99. The lowest BCUT2D eigenvalue weighted by molar-refractivity contribution is -0.385. The van der Waals surface area contributed by atoms with Crippen molar-refractivity contribution in [1.29, 1.82) is 0 Å². The Morgan fingerprint density at radius 3 is 2.71 bits per heavy atom. The van der Waals surface area contributed by atoms with E-state index in [1.807, 2.05) is 20.8 Å². The van der Waals surface area contributed by atoms with Crippen molar-refractivity contribution in [2.45, 2.75) is 46.1 Å². The van der Waals surface area contributed by atoms with E-state index in [9.17, 15) is 14.9 Å². The van der Waals surface area contributed by atoms with Gasteiger partial charge in [-0.05, 0) is 19.8 Å². The summed E-state index contributed by atoms with van der Waals surface area (Å²) in [5.41, 5.74) is 0.0194. The van der Waals surface area contributed by atoms with Gasteiger partial charge in [-0.3, -0.25) is 14.9 Å². The van der Waals surface area contributed by atoms with E-state index in [2.05, 4.69) is 15.6 Å². The van der Waals surface area contributed by atoms with E-state index in [1.165, 1.54) is 6.07 Å². The van der Waals surface area contributed by atoms with E-state index in [0.29, 0.717) is 12.4 Å². The number of carbonyl (C=O) groups excluding carboxylic acids is 1. The summed E-state index contributed by atoms with van der Waals surface area (Å²) in [5, 5.41) is 16.7. The molecule has 0 aliphatic rings. The number of nitrogens with one attached hydrogen (secondary N) is 2. The zero-order valence-corrected chi connectivity index (χ0v) is 12.7. The maximum atomic E-state index is 12.3. The van der Waals surface area contributed by atoms with Crippen molar-refractivity contribution in [3.05, 3.63) is 27.9 Å². The van der Waals surface area contributed by atoms with Gasteiger partial charge in [0.25, 0.3) is 11.6 Å². The summed E-state index contributed by atoms with van der Waals surface area (Å²) >= 11 is 0. The average molecular weight is 294 g/mol. The van der Waals surface area contributed by atoms with Crippen LogP contribution in [0.5, 0.6) is 0 Å². The molecule has 1 atom stereocenters. The second-order valence-corrected chi connectivity index (χ2v) is 4.94. The number of anilines is 1. The molecule has 0 fully saturated rings. The normalized spacial score (nSPS) is 11.8. The van der Waals surface area contributed by atoms with Crippen molar-refractivity contribution in [3.63, 3.8) is 0 Å². The minimum atomic E-state index is -0.553. The van der Waals surface area contributed by atoms with Crippen LogP contribution >= 0.6 is 0 Å². The fraction of sp³-hybridized carbons (Fsp3) is 0.571. The van der Waals surface area contributed by atoms with Crippen LogP contribution in [0.25, 0.3) is 0 Å². The van der Waals surface area contributed by atoms with E-state index < -0.39 is 4.92 Å². The summed E-state index contributed by atoms with van der Waals surface area (Å²) < 4.78 is 0. The lowest BCUT2D eigenvalue weighted by Crippen LogP contribution is -2.33. The first kappa shape index (κ1) is 16.9. The van der Waals surface area contributed by atoms with Crippen LogP contribution in [0, 0.1) is 10.1 Å². The summed E-state index contributed by atoms with van der Waals surface area (Å²) in [6.45, 7) is 6.58. The van der Waals surface area contributed by atoms with Crippen molar-refractivity contribution < 1.29 is 9.72 Å². The van der Waals surface area contributed by atoms with Crippen LogP contribution in [-0.4, -0.2) is 28.4 Å². The zero-order chi connectivity index (χ0) is 15.8. The minimum Gasteiger partial charge on any atom is -0.369 e. The summed E-state index contributed by atoms with van der Waals surface area (Å²) in [4.78, 5) is 26.6. The smallest absolute Gasteiger partial charge is 0.288 e. The van der Waals surface area contributed by atoms with Crippen molar-refractivity contribution in [3.8, 4) is 0 Å². The van der Waals surface area contributed by atoms with Crippen molar-refractivity contribution in [1.82, 2.24) is 10.3 Å². The Balaban J connectivity index is 3.01. The molecule has 116 valence electrons. The molecule has 7 nitrogen and oxygen atoms in total. The number of rotatable bonds is 8. The van der Waals surface area contributed by atoms with Crippen LogP contribution in [0.3, 0.4) is 0 Å². The number of hydrogen-bond donors (Lipinski definition) is 2. The predicted molar refractivity (Wildman–Crippen MR) is 81.5 cm³/mol. The fourth-order valence-electron chi connectivity index (χ4n) is 1.92. The highest BCUT2D eigenvalue weighted by Crippen LogP contribution is 2.19. The Morgan fingerprint density at radius 2 is 2.14 bits per heavy atom. The van der Waals surface area contributed by atoms with Crippen molar-refractivity contribution in [2.75, 3.05) is 11.9 Å². The maximum Gasteiger partial charge on any atom is 0.288 e. The van der Waals surface area contributed by atoms with Gasteiger partial charge in [-0.15, -0.1) is 0 Å². The van der Waals surface area contributed by atoms with E-state index >= 15 is 0 Å². The molecule has 0 aliphatic carbocycles. The van der Waals surface area contributed by atoms with Gasteiger partial charge in [0.15, 0.2) is 0 Å². The number of amides is 1. The molecule has 0 saturated carbocycles. The molecule has 0 saturated heterocycles. The number of aromatic nitrogens is 1. The van der Waals surface area contributed by atoms with Gasteiger partial charge < -0.3 is 10.6 Å². The quantitative estimate of drug-likeness (QED) is 0.567. The molecule has 0 spiro atoms. The molecule has 0 aromatic carbocycles. The second-order valence-electron chi connectivity index (χ2n) is 4.94. The average Bonchev–Trinajstić information content (AvgIpc) is 2.44. The van der Waals surface area contributed by atoms with Gasteiger partial charge in [-0.1, -0.05) is 20.3 Å². The van der Waals surface area contributed by atoms with Gasteiger partial charge in [-0.2, -0.15) is 0 Å². The Bertz CT molecular complexity index is 505. The number of nitrogens with zero attached hydrogens (tertiary/aromatic N) is 2. The molecule has 1 aromatic rings. The first-order valence-corrected chi connectivity index (χ1v) is 7.18. The van der Waals surface area contributed by atoms with Gasteiger partial charge >= 0.3 is 0 Å². The predicted octanol–water partition coefficient (Wildman–Crippen LogP) is 2.73. The van der Waals surface area contributed by atoms with E-state index in [-0.39, 0.29) is 23.2 Å². The Labute approximate surface area is 124 Å². The molecule has 1 heterocycles. The van der Waals surface area contributed by atoms with Crippen molar-refractivity contribution >= 4 is 17.4 Å². The second kappa shape index (κ2) is 8.18.